The van der Waals surface area contributed by atoms with Gasteiger partial charge in [-0.3, -0.25) is 0 Å². The van der Waals surface area contributed by atoms with Gasteiger partial charge in [0.05, 0.1) is 0 Å². The Kier molecular flexibility index (Phi) is 3.39. The van der Waals surface area contributed by atoms with Crippen LogP contribution in [0.2, 0.25) is 0 Å². The van der Waals surface area contributed by atoms with E-state index in [0.717, 1.165) is 10.0 Å². The molecule has 0 spiro atoms. The fourth-order valence-electron chi connectivity index (χ4n) is 1.51. The number of rotatable bonds is 3. The van der Waals surface area contributed by atoms with Crippen LogP contribution >= 0.6 is 15.9 Å². The lowest BCUT2D eigenvalue weighted by molar-refractivity contribution is 0.0624. The lowest BCUT2D eigenvalue weighted by Crippen LogP contribution is -2.05. The first-order chi connectivity index (χ1) is 8.90. The molecule has 0 aliphatic heterocycles. The second-order valence-electron chi connectivity index (χ2n) is 3.77. The zero-order valence-electron chi connectivity index (χ0n) is 9.68. The fraction of sp³-hybridized carbons (Fsp3) is 0.0833. The van der Waals surface area contributed by atoms with Gasteiger partial charge in [0.2, 0.25) is 17.3 Å². The topological polar surface area (TPSA) is 101 Å². The van der Waals surface area contributed by atoms with Gasteiger partial charge < -0.3 is 14.6 Å². The van der Waals surface area contributed by atoms with Crippen LogP contribution in [0.25, 0.3) is 11.5 Å². The highest BCUT2D eigenvalue weighted by Crippen LogP contribution is 2.26. The van der Waals surface area contributed by atoms with Gasteiger partial charge in [-0.1, -0.05) is 15.9 Å². The molecule has 0 radical (unpaired) electrons. The smallest absolute Gasteiger partial charge is 0.374 e. The van der Waals surface area contributed by atoms with Crippen molar-refractivity contribution in [3.8, 4) is 11.5 Å². The summed E-state index contributed by atoms with van der Waals surface area (Å²) in [5, 5.41) is 17.7. The Morgan fingerprint density at radius 1 is 1.26 bits per heavy atom. The summed E-state index contributed by atoms with van der Waals surface area (Å²) >= 11 is 3.33. The maximum absolute atomic E-state index is 10.9. The predicted octanol–water partition coefficient (Wildman–Crippen LogP) is 2.81. The van der Waals surface area contributed by atoms with Gasteiger partial charge in [0.15, 0.2) is 0 Å². The molecule has 2 aromatic rings. The van der Waals surface area contributed by atoms with Crippen LogP contribution in [0.3, 0.4) is 0 Å². The first-order valence-electron chi connectivity index (χ1n) is 5.14. The summed E-state index contributed by atoms with van der Waals surface area (Å²) in [5.41, 5.74) is 0.795. The molecule has 0 unspecified atom stereocenters. The van der Waals surface area contributed by atoms with E-state index in [9.17, 15) is 9.59 Å². The highest BCUT2D eigenvalue weighted by Gasteiger charge is 2.25. The quantitative estimate of drug-likeness (QED) is 0.899. The van der Waals surface area contributed by atoms with E-state index < -0.39 is 23.4 Å². The van der Waals surface area contributed by atoms with Crippen molar-refractivity contribution in [2.45, 2.75) is 6.92 Å². The van der Waals surface area contributed by atoms with Crippen molar-refractivity contribution >= 4 is 27.9 Å². The summed E-state index contributed by atoms with van der Waals surface area (Å²) in [6, 6.07) is 5.11. The van der Waals surface area contributed by atoms with Crippen LogP contribution in [0.15, 0.2) is 27.1 Å². The molecule has 0 fully saturated rings. The van der Waals surface area contributed by atoms with Gasteiger partial charge in [0.25, 0.3) is 0 Å². The van der Waals surface area contributed by atoms with E-state index in [2.05, 4.69) is 20.9 Å². The number of nitrogens with zero attached hydrogens (tertiary/aromatic N) is 1. The van der Waals surface area contributed by atoms with E-state index in [-0.39, 0.29) is 5.89 Å². The predicted molar refractivity (Wildman–Crippen MR) is 68.3 cm³/mol. The molecule has 2 N–H and O–H groups in total. The molecule has 0 bridgehead atoms. The molecule has 0 saturated heterocycles. The average Bonchev–Trinajstić information content (AvgIpc) is 2.78. The van der Waals surface area contributed by atoms with Gasteiger partial charge in [0.1, 0.15) is 0 Å². The summed E-state index contributed by atoms with van der Waals surface area (Å²) in [4.78, 5) is 25.5. The molecule has 1 aromatic carbocycles. The van der Waals surface area contributed by atoms with Gasteiger partial charge >= 0.3 is 11.9 Å². The van der Waals surface area contributed by atoms with Crippen LogP contribution in [-0.4, -0.2) is 27.1 Å². The molecule has 2 rings (SSSR count). The summed E-state index contributed by atoms with van der Waals surface area (Å²) in [6.45, 7) is 1.84. The SMILES string of the molecule is Cc1cc(-c2nc(C(=O)O)c(C(=O)O)o2)ccc1Br. The van der Waals surface area contributed by atoms with Crippen LogP contribution in [0.5, 0.6) is 0 Å². The Labute approximate surface area is 115 Å². The molecule has 1 aromatic heterocycles. The van der Waals surface area contributed by atoms with Crippen molar-refractivity contribution in [3.63, 3.8) is 0 Å². The Balaban J connectivity index is 2.57. The Morgan fingerprint density at radius 3 is 2.42 bits per heavy atom. The fourth-order valence-corrected chi connectivity index (χ4v) is 1.76. The van der Waals surface area contributed by atoms with Crippen LogP contribution in [0, 0.1) is 6.92 Å². The van der Waals surface area contributed by atoms with E-state index in [1.807, 2.05) is 6.92 Å². The lowest BCUT2D eigenvalue weighted by Gasteiger charge is -1.99. The number of hydrogen-bond donors (Lipinski definition) is 2. The molecule has 0 amide bonds. The first kappa shape index (κ1) is 13.3. The van der Waals surface area contributed by atoms with Crippen molar-refractivity contribution < 1.29 is 24.2 Å². The van der Waals surface area contributed by atoms with E-state index in [1.54, 1.807) is 18.2 Å². The lowest BCUT2D eigenvalue weighted by atomic mass is 10.1. The van der Waals surface area contributed by atoms with Gasteiger partial charge in [-0.05, 0) is 30.7 Å². The van der Waals surface area contributed by atoms with Crippen LogP contribution in [-0.2, 0) is 0 Å². The molecule has 1 heterocycles. The van der Waals surface area contributed by atoms with Gasteiger partial charge in [0, 0.05) is 10.0 Å². The zero-order valence-corrected chi connectivity index (χ0v) is 11.3. The summed E-state index contributed by atoms with van der Waals surface area (Å²) in [6.07, 6.45) is 0. The Bertz CT molecular complexity index is 645. The van der Waals surface area contributed by atoms with Crippen LogP contribution in [0.4, 0.5) is 0 Å². The molecule has 7 heteroatoms. The minimum absolute atomic E-state index is 0.0367. The molecule has 0 aliphatic rings. The summed E-state index contributed by atoms with van der Waals surface area (Å²) in [7, 11) is 0. The largest absolute Gasteiger partial charge is 0.476 e. The maximum atomic E-state index is 10.9. The Hall–Kier alpha value is -2.15. The van der Waals surface area contributed by atoms with E-state index >= 15 is 0 Å². The molecular weight excluding hydrogens is 318 g/mol. The normalized spacial score (nSPS) is 10.4. The van der Waals surface area contributed by atoms with E-state index in [4.69, 9.17) is 14.6 Å². The van der Waals surface area contributed by atoms with Crippen molar-refractivity contribution in [1.29, 1.82) is 0 Å². The summed E-state index contributed by atoms with van der Waals surface area (Å²) in [5.74, 6) is -3.63. The third kappa shape index (κ3) is 2.50. The highest BCUT2D eigenvalue weighted by atomic mass is 79.9. The second-order valence-corrected chi connectivity index (χ2v) is 4.63. The third-order valence-corrected chi connectivity index (χ3v) is 3.32. The summed E-state index contributed by atoms with van der Waals surface area (Å²) < 4.78 is 5.89. The maximum Gasteiger partial charge on any atom is 0.374 e. The van der Waals surface area contributed by atoms with Gasteiger partial charge in [-0.15, -0.1) is 0 Å². The minimum Gasteiger partial charge on any atom is -0.476 e. The van der Waals surface area contributed by atoms with Crippen LogP contribution in [0.1, 0.15) is 26.6 Å². The number of aromatic carboxylic acids is 2. The number of aromatic nitrogens is 1. The second kappa shape index (κ2) is 4.85. The average molecular weight is 326 g/mol. The van der Waals surface area contributed by atoms with Gasteiger partial charge in [-0.25, -0.2) is 14.6 Å². The molecule has 0 saturated carbocycles. The number of carboxylic acids is 2. The number of hydrogen-bond acceptors (Lipinski definition) is 4. The molecule has 0 aliphatic carbocycles. The first-order valence-corrected chi connectivity index (χ1v) is 5.93. The number of carbonyl (C=O) groups is 2. The minimum atomic E-state index is -1.47. The molecule has 0 atom stereocenters. The third-order valence-electron chi connectivity index (χ3n) is 2.43. The molecule has 98 valence electrons. The van der Waals surface area contributed by atoms with Crippen molar-refractivity contribution in [1.82, 2.24) is 4.98 Å². The number of aryl methyl sites for hydroxylation is 1. The zero-order chi connectivity index (χ0) is 14.2. The molecular formula is C12H8BrNO5. The number of oxazole rings is 1. The molecule has 19 heavy (non-hydrogen) atoms. The van der Waals surface area contributed by atoms with Crippen molar-refractivity contribution in [2.24, 2.45) is 0 Å². The van der Waals surface area contributed by atoms with Crippen LogP contribution < -0.4 is 0 Å². The highest BCUT2D eigenvalue weighted by molar-refractivity contribution is 9.10. The standard InChI is InChI=1S/C12H8BrNO5/c1-5-4-6(2-3-7(5)13)10-14-8(11(15)16)9(19-10)12(17)18/h2-4H,1H3,(H,15,16)(H,17,18). The van der Waals surface area contributed by atoms with Crippen molar-refractivity contribution in [2.75, 3.05) is 0 Å². The van der Waals surface area contributed by atoms with Crippen molar-refractivity contribution in [3.05, 3.63) is 39.7 Å². The van der Waals surface area contributed by atoms with Gasteiger partial charge in [-0.2, -0.15) is 0 Å². The number of halogens is 1. The monoisotopic (exact) mass is 325 g/mol. The number of carboxylic acid groups (broad SMARTS) is 2. The van der Waals surface area contributed by atoms with E-state index in [1.165, 1.54) is 0 Å². The molecule has 6 nitrogen and oxygen atoms in total. The number of benzene rings is 1. The Morgan fingerprint density at radius 2 is 1.95 bits per heavy atom. The van der Waals surface area contributed by atoms with E-state index in [0.29, 0.717) is 5.56 Å².